The molecule has 1 fully saturated rings. The second-order valence-electron chi connectivity index (χ2n) is 6.18. The van der Waals surface area contributed by atoms with Crippen molar-refractivity contribution in [2.75, 3.05) is 19.8 Å². The molecule has 3 atom stereocenters. The maximum atomic E-state index is 6.01. The van der Waals surface area contributed by atoms with Crippen molar-refractivity contribution in [1.82, 2.24) is 0 Å². The Bertz CT molecular complexity index is 417. The number of ether oxygens (including phenoxy) is 1. The summed E-state index contributed by atoms with van der Waals surface area (Å²) in [5, 5.41) is 0. The third-order valence-corrected chi connectivity index (χ3v) is 4.98. The van der Waals surface area contributed by atoms with E-state index in [0.717, 1.165) is 19.8 Å². The summed E-state index contributed by atoms with van der Waals surface area (Å²) in [6.07, 6.45) is 6.52. The van der Waals surface area contributed by atoms with Crippen LogP contribution in [-0.2, 0) is 11.2 Å². The number of fused-ring (bicyclic) bond motifs is 1. The van der Waals surface area contributed by atoms with E-state index in [4.69, 9.17) is 10.5 Å². The highest BCUT2D eigenvalue weighted by Gasteiger charge is 2.27. The predicted molar refractivity (Wildman–Crippen MR) is 78.2 cm³/mol. The molecule has 1 saturated carbocycles. The van der Waals surface area contributed by atoms with Crippen LogP contribution in [0.3, 0.4) is 0 Å². The van der Waals surface area contributed by atoms with E-state index in [1.165, 1.54) is 43.2 Å². The van der Waals surface area contributed by atoms with E-state index in [1.807, 2.05) is 0 Å². The maximum absolute atomic E-state index is 6.01. The third-order valence-electron chi connectivity index (χ3n) is 4.98. The van der Waals surface area contributed by atoms with Crippen LogP contribution in [0, 0.1) is 11.8 Å². The molecule has 1 aromatic rings. The molecule has 2 heteroatoms. The Labute approximate surface area is 116 Å². The number of hydrogen-bond donors (Lipinski definition) is 1. The van der Waals surface area contributed by atoms with Gasteiger partial charge in [-0.25, -0.2) is 0 Å². The van der Waals surface area contributed by atoms with Gasteiger partial charge in [0.15, 0.2) is 0 Å². The standard InChI is InChI=1S/C17H25NO/c18-10-14-6-1-2-7-15(14)11-19-12-16-9-13-5-3-4-8-17(13)16/h3-5,8,14-16H,1-2,6-7,9-12,18H2. The summed E-state index contributed by atoms with van der Waals surface area (Å²) in [4.78, 5) is 0. The van der Waals surface area contributed by atoms with Gasteiger partial charge in [0, 0.05) is 12.5 Å². The molecule has 3 unspecified atom stereocenters. The lowest BCUT2D eigenvalue weighted by molar-refractivity contribution is 0.0501. The monoisotopic (exact) mass is 259 g/mol. The van der Waals surface area contributed by atoms with E-state index in [2.05, 4.69) is 24.3 Å². The molecule has 0 radical (unpaired) electrons. The average Bonchev–Trinajstić information content (AvgIpc) is 2.44. The van der Waals surface area contributed by atoms with Crippen LogP contribution in [0.15, 0.2) is 24.3 Å². The molecular formula is C17H25NO. The van der Waals surface area contributed by atoms with E-state index in [1.54, 1.807) is 0 Å². The number of hydrogen-bond acceptors (Lipinski definition) is 2. The largest absolute Gasteiger partial charge is 0.381 e. The first-order chi connectivity index (χ1) is 9.38. The fourth-order valence-corrected chi connectivity index (χ4v) is 3.69. The molecule has 0 saturated heterocycles. The van der Waals surface area contributed by atoms with Gasteiger partial charge < -0.3 is 10.5 Å². The smallest absolute Gasteiger partial charge is 0.0538 e. The Morgan fingerprint density at radius 2 is 1.84 bits per heavy atom. The first kappa shape index (κ1) is 13.1. The molecule has 0 aliphatic heterocycles. The van der Waals surface area contributed by atoms with Crippen molar-refractivity contribution < 1.29 is 4.74 Å². The van der Waals surface area contributed by atoms with Crippen LogP contribution in [0.1, 0.15) is 42.7 Å². The fourth-order valence-electron chi connectivity index (χ4n) is 3.69. The van der Waals surface area contributed by atoms with Crippen LogP contribution in [0.25, 0.3) is 0 Å². The first-order valence-corrected chi connectivity index (χ1v) is 7.74. The van der Waals surface area contributed by atoms with E-state index in [-0.39, 0.29) is 0 Å². The maximum Gasteiger partial charge on any atom is 0.0538 e. The normalized spacial score (nSPS) is 29.6. The van der Waals surface area contributed by atoms with Gasteiger partial charge in [-0.2, -0.15) is 0 Å². The minimum atomic E-state index is 0.635. The van der Waals surface area contributed by atoms with Crippen LogP contribution < -0.4 is 5.73 Å². The molecule has 2 aliphatic rings. The van der Waals surface area contributed by atoms with Gasteiger partial charge in [0.1, 0.15) is 0 Å². The number of rotatable bonds is 5. The average molecular weight is 259 g/mol. The Kier molecular flexibility index (Phi) is 4.19. The minimum absolute atomic E-state index is 0.635. The van der Waals surface area contributed by atoms with Crippen LogP contribution in [0.4, 0.5) is 0 Å². The predicted octanol–water partition coefficient (Wildman–Crippen LogP) is 3.11. The SMILES string of the molecule is NCC1CCCCC1COCC1Cc2ccccc21. The van der Waals surface area contributed by atoms with Crippen molar-refractivity contribution in [3.05, 3.63) is 35.4 Å². The van der Waals surface area contributed by atoms with Crippen LogP contribution in [0.2, 0.25) is 0 Å². The Balaban J connectivity index is 1.44. The third kappa shape index (κ3) is 2.85. The molecule has 3 rings (SSSR count). The van der Waals surface area contributed by atoms with Gasteiger partial charge in [0.05, 0.1) is 6.61 Å². The summed E-state index contributed by atoms with van der Waals surface area (Å²) in [5.74, 6) is 2.03. The second kappa shape index (κ2) is 6.06. The Morgan fingerprint density at radius 3 is 2.63 bits per heavy atom. The number of nitrogens with two attached hydrogens (primary N) is 1. The minimum Gasteiger partial charge on any atom is -0.381 e. The number of benzene rings is 1. The van der Waals surface area contributed by atoms with Crippen molar-refractivity contribution in [2.45, 2.75) is 38.0 Å². The Hall–Kier alpha value is -0.860. The lowest BCUT2D eigenvalue weighted by Gasteiger charge is -2.33. The lowest BCUT2D eigenvalue weighted by atomic mass is 9.78. The van der Waals surface area contributed by atoms with Gasteiger partial charge in [-0.3, -0.25) is 0 Å². The van der Waals surface area contributed by atoms with Crippen molar-refractivity contribution in [3.8, 4) is 0 Å². The van der Waals surface area contributed by atoms with E-state index < -0.39 is 0 Å². The van der Waals surface area contributed by atoms with Crippen molar-refractivity contribution in [2.24, 2.45) is 17.6 Å². The molecule has 19 heavy (non-hydrogen) atoms. The second-order valence-corrected chi connectivity index (χ2v) is 6.18. The highest BCUT2D eigenvalue weighted by molar-refractivity contribution is 5.39. The molecule has 2 N–H and O–H groups in total. The van der Waals surface area contributed by atoms with Crippen molar-refractivity contribution in [3.63, 3.8) is 0 Å². The van der Waals surface area contributed by atoms with E-state index in [0.29, 0.717) is 17.8 Å². The van der Waals surface area contributed by atoms with Crippen molar-refractivity contribution >= 4 is 0 Å². The molecule has 0 aromatic heterocycles. The van der Waals surface area contributed by atoms with Gasteiger partial charge in [0.25, 0.3) is 0 Å². The summed E-state index contributed by atoms with van der Waals surface area (Å²) < 4.78 is 6.01. The van der Waals surface area contributed by atoms with Gasteiger partial charge >= 0.3 is 0 Å². The van der Waals surface area contributed by atoms with Crippen LogP contribution in [0.5, 0.6) is 0 Å². The van der Waals surface area contributed by atoms with Gasteiger partial charge in [-0.15, -0.1) is 0 Å². The van der Waals surface area contributed by atoms with Crippen LogP contribution in [-0.4, -0.2) is 19.8 Å². The summed E-state index contributed by atoms with van der Waals surface area (Å²) in [6.45, 7) is 2.64. The summed E-state index contributed by atoms with van der Waals surface area (Å²) in [6, 6.07) is 8.74. The van der Waals surface area contributed by atoms with E-state index in [9.17, 15) is 0 Å². The summed E-state index contributed by atoms with van der Waals surface area (Å²) >= 11 is 0. The summed E-state index contributed by atoms with van der Waals surface area (Å²) in [5.41, 5.74) is 8.88. The highest BCUT2D eigenvalue weighted by atomic mass is 16.5. The molecule has 1 aromatic carbocycles. The topological polar surface area (TPSA) is 35.2 Å². The molecule has 0 bridgehead atoms. The van der Waals surface area contributed by atoms with Gasteiger partial charge in [0.2, 0.25) is 0 Å². The summed E-state index contributed by atoms with van der Waals surface area (Å²) in [7, 11) is 0. The van der Waals surface area contributed by atoms with Gasteiger partial charge in [-0.1, -0.05) is 37.1 Å². The molecule has 0 spiro atoms. The molecule has 0 heterocycles. The molecule has 104 valence electrons. The molecule has 0 amide bonds. The fraction of sp³-hybridized carbons (Fsp3) is 0.647. The zero-order valence-electron chi connectivity index (χ0n) is 11.7. The van der Waals surface area contributed by atoms with E-state index >= 15 is 0 Å². The quantitative estimate of drug-likeness (QED) is 0.882. The highest BCUT2D eigenvalue weighted by Crippen LogP contribution is 2.35. The molecular weight excluding hydrogens is 234 g/mol. The zero-order valence-corrected chi connectivity index (χ0v) is 11.7. The van der Waals surface area contributed by atoms with Crippen molar-refractivity contribution in [1.29, 1.82) is 0 Å². The van der Waals surface area contributed by atoms with Gasteiger partial charge in [-0.05, 0) is 48.8 Å². The first-order valence-electron chi connectivity index (χ1n) is 7.74. The van der Waals surface area contributed by atoms with Crippen LogP contribution >= 0.6 is 0 Å². The Morgan fingerprint density at radius 1 is 1.05 bits per heavy atom. The lowest BCUT2D eigenvalue weighted by Crippen LogP contribution is -2.31. The molecule has 2 nitrogen and oxygen atoms in total. The zero-order chi connectivity index (χ0) is 13.1. The molecule has 2 aliphatic carbocycles.